The number of carbonyl (C=O) groups is 2. The number of nitrogens with zero attached hydrogens (tertiary/aromatic N) is 2. The lowest BCUT2D eigenvalue weighted by Crippen LogP contribution is -2.33. The number of carbonyl (C=O) groups excluding carboxylic acids is 2. The summed E-state index contributed by atoms with van der Waals surface area (Å²) in [5.74, 6) is 5.06. The van der Waals surface area contributed by atoms with Crippen LogP contribution in [0.2, 0.25) is 0 Å². The van der Waals surface area contributed by atoms with Crippen LogP contribution in [0.4, 0.5) is 0 Å². The fraction of sp³-hybridized carbons (Fsp3) is 0.412. The van der Waals surface area contributed by atoms with Gasteiger partial charge in [-0.2, -0.15) is 0 Å². The molecule has 0 aliphatic carbocycles. The van der Waals surface area contributed by atoms with Crippen molar-refractivity contribution in [1.29, 1.82) is 0 Å². The molecule has 4 nitrogen and oxygen atoms in total. The minimum absolute atomic E-state index is 0.0852. The number of benzene rings is 1. The summed E-state index contributed by atoms with van der Waals surface area (Å²) in [6, 6.07) is 3.91. The largest absolute Gasteiger partial charge is 0.272 e. The molecule has 2 aliphatic heterocycles. The molecule has 108 valence electrons. The van der Waals surface area contributed by atoms with Gasteiger partial charge in [0, 0.05) is 18.7 Å². The quantitative estimate of drug-likeness (QED) is 0.581. The van der Waals surface area contributed by atoms with Crippen molar-refractivity contribution in [3.05, 3.63) is 34.4 Å². The summed E-state index contributed by atoms with van der Waals surface area (Å²) in [5.41, 5.74) is 3.69. The molecule has 2 amide bonds. The van der Waals surface area contributed by atoms with Gasteiger partial charge in [0.25, 0.3) is 11.8 Å². The summed E-state index contributed by atoms with van der Waals surface area (Å²) >= 11 is 0. The molecule has 0 N–H and O–H groups in total. The van der Waals surface area contributed by atoms with Gasteiger partial charge in [-0.15, -0.1) is 5.92 Å². The molecule has 2 heterocycles. The first-order valence-electron chi connectivity index (χ1n) is 7.21. The second kappa shape index (κ2) is 4.92. The SMILES string of the molecule is CC#Cc1cc(C)c(C2C(=O)N3CCCN3C2=O)c(C)c1. The van der Waals surface area contributed by atoms with Crippen molar-refractivity contribution >= 4 is 11.8 Å². The minimum Gasteiger partial charge on any atom is -0.272 e. The summed E-state index contributed by atoms with van der Waals surface area (Å²) in [7, 11) is 0. The summed E-state index contributed by atoms with van der Waals surface area (Å²) in [5, 5.41) is 3.21. The maximum atomic E-state index is 12.5. The molecule has 0 bridgehead atoms. The molecule has 0 unspecified atom stereocenters. The van der Waals surface area contributed by atoms with Crippen LogP contribution in [-0.2, 0) is 9.59 Å². The summed E-state index contributed by atoms with van der Waals surface area (Å²) in [6.45, 7) is 6.99. The number of fused-ring (bicyclic) bond motifs is 1. The van der Waals surface area contributed by atoms with Crippen LogP contribution in [0.15, 0.2) is 12.1 Å². The van der Waals surface area contributed by atoms with E-state index in [2.05, 4.69) is 11.8 Å². The maximum absolute atomic E-state index is 12.5. The van der Waals surface area contributed by atoms with Crippen molar-refractivity contribution in [2.24, 2.45) is 0 Å². The van der Waals surface area contributed by atoms with Crippen molar-refractivity contribution in [2.75, 3.05) is 13.1 Å². The Kier molecular flexibility index (Phi) is 3.21. The van der Waals surface area contributed by atoms with Crippen molar-refractivity contribution in [2.45, 2.75) is 33.1 Å². The van der Waals surface area contributed by atoms with E-state index in [4.69, 9.17) is 0 Å². The first-order chi connectivity index (χ1) is 10.0. The Bertz CT molecular complexity index is 651. The van der Waals surface area contributed by atoms with Crippen LogP contribution in [0, 0.1) is 25.7 Å². The molecule has 1 aromatic carbocycles. The fourth-order valence-electron chi connectivity index (χ4n) is 3.37. The molecule has 2 fully saturated rings. The Balaban J connectivity index is 2.06. The summed E-state index contributed by atoms with van der Waals surface area (Å²) in [4.78, 5) is 25.1. The molecule has 0 radical (unpaired) electrons. The molecule has 0 atom stereocenters. The molecule has 0 spiro atoms. The third kappa shape index (κ3) is 2.01. The Morgan fingerprint density at radius 1 is 1.05 bits per heavy atom. The van der Waals surface area contributed by atoms with E-state index in [-0.39, 0.29) is 11.8 Å². The molecule has 1 aromatic rings. The standard InChI is InChI=1S/C17H18N2O2/c1-4-6-13-9-11(2)14(12(3)10-13)15-16(20)18-7-5-8-19(18)17(15)21/h9-10,15H,5,7-8H2,1-3H3. The zero-order chi connectivity index (χ0) is 15.1. The average Bonchev–Trinajstić information content (AvgIpc) is 2.98. The third-order valence-corrected chi connectivity index (χ3v) is 4.19. The normalized spacial score (nSPS) is 18.0. The molecule has 0 saturated carbocycles. The predicted octanol–water partition coefficient (Wildman–Crippen LogP) is 1.75. The predicted molar refractivity (Wildman–Crippen MR) is 79.3 cm³/mol. The number of hydrogen-bond acceptors (Lipinski definition) is 2. The topological polar surface area (TPSA) is 40.6 Å². The van der Waals surface area contributed by atoms with E-state index in [0.717, 1.165) is 28.7 Å². The van der Waals surface area contributed by atoms with Gasteiger partial charge in [-0.05, 0) is 56.0 Å². The highest BCUT2D eigenvalue weighted by Crippen LogP contribution is 2.35. The monoisotopic (exact) mass is 282 g/mol. The van der Waals surface area contributed by atoms with Crippen molar-refractivity contribution in [1.82, 2.24) is 10.0 Å². The lowest BCUT2D eigenvalue weighted by Gasteiger charge is -2.16. The minimum atomic E-state index is -0.672. The molecule has 3 rings (SSSR count). The van der Waals surface area contributed by atoms with Gasteiger partial charge in [0.1, 0.15) is 5.92 Å². The average molecular weight is 282 g/mol. The van der Waals surface area contributed by atoms with Crippen LogP contribution in [0.3, 0.4) is 0 Å². The molecule has 2 saturated heterocycles. The van der Waals surface area contributed by atoms with E-state index in [0.29, 0.717) is 13.1 Å². The van der Waals surface area contributed by atoms with Crippen LogP contribution in [0.5, 0.6) is 0 Å². The molecule has 21 heavy (non-hydrogen) atoms. The lowest BCUT2D eigenvalue weighted by molar-refractivity contribution is -0.141. The number of amides is 2. The summed E-state index contributed by atoms with van der Waals surface area (Å²) < 4.78 is 0. The number of aryl methyl sites for hydroxylation is 2. The highest BCUT2D eigenvalue weighted by Gasteiger charge is 2.49. The first-order valence-corrected chi connectivity index (χ1v) is 7.21. The van der Waals surface area contributed by atoms with Crippen LogP contribution >= 0.6 is 0 Å². The highest BCUT2D eigenvalue weighted by atomic mass is 16.2. The molecular formula is C17H18N2O2. The van der Waals surface area contributed by atoms with Crippen molar-refractivity contribution in [3.63, 3.8) is 0 Å². The van der Waals surface area contributed by atoms with Crippen LogP contribution in [0.1, 0.15) is 41.5 Å². The Morgan fingerprint density at radius 2 is 1.57 bits per heavy atom. The number of rotatable bonds is 1. The lowest BCUT2D eigenvalue weighted by atomic mass is 9.88. The van der Waals surface area contributed by atoms with Gasteiger partial charge in [0.2, 0.25) is 0 Å². The zero-order valence-electron chi connectivity index (χ0n) is 12.6. The smallest absolute Gasteiger partial charge is 0.258 e. The molecule has 4 heteroatoms. The Hall–Kier alpha value is -2.28. The van der Waals surface area contributed by atoms with Gasteiger partial charge >= 0.3 is 0 Å². The van der Waals surface area contributed by atoms with Crippen LogP contribution in [0.25, 0.3) is 0 Å². The second-order valence-corrected chi connectivity index (χ2v) is 5.61. The molecule has 0 aromatic heterocycles. The van der Waals surface area contributed by atoms with Gasteiger partial charge in [-0.1, -0.05) is 5.92 Å². The fourth-order valence-corrected chi connectivity index (χ4v) is 3.37. The molecular weight excluding hydrogens is 264 g/mol. The summed E-state index contributed by atoms with van der Waals surface area (Å²) in [6.07, 6.45) is 0.868. The van der Waals surface area contributed by atoms with Crippen LogP contribution < -0.4 is 0 Å². The molecule has 2 aliphatic rings. The van der Waals surface area contributed by atoms with Crippen molar-refractivity contribution in [3.8, 4) is 11.8 Å². The van der Waals surface area contributed by atoms with Gasteiger partial charge in [0.15, 0.2) is 0 Å². The van der Waals surface area contributed by atoms with Gasteiger partial charge in [0.05, 0.1) is 0 Å². The highest BCUT2D eigenvalue weighted by molar-refractivity contribution is 6.11. The van der Waals surface area contributed by atoms with Crippen molar-refractivity contribution < 1.29 is 9.59 Å². The number of hydrogen-bond donors (Lipinski definition) is 0. The Morgan fingerprint density at radius 3 is 2.05 bits per heavy atom. The second-order valence-electron chi connectivity index (χ2n) is 5.61. The zero-order valence-corrected chi connectivity index (χ0v) is 12.6. The number of hydrazine groups is 1. The van der Waals surface area contributed by atoms with Gasteiger partial charge in [-0.25, -0.2) is 0 Å². The first kappa shape index (κ1) is 13.7. The van der Waals surface area contributed by atoms with Crippen LogP contribution in [-0.4, -0.2) is 34.9 Å². The van der Waals surface area contributed by atoms with E-state index in [1.54, 1.807) is 16.9 Å². The van der Waals surface area contributed by atoms with E-state index in [9.17, 15) is 9.59 Å². The van der Waals surface area contributed by atoms with E-state index in [1.807, 2.05) is 26.0 Å². The maximum Gasteiger partial charge on any atom is 0.258 e. The van der Waals surface area contributed by atoms with Gasteiger partial charge in [-0.3, -0.25) is 19.6 Å². The van der Waals surface area contributed by atoms with E-state index < -0.39 is 5.92 Å². The third-order valence-electron chi connectivity index (χ3n) is 4.19. The Labute approximate surface area is 124 Å². The van der Waals surface area contributed by atoms with E-state index in [1.165, 1.54) is 0 Å². The van der Waals surface area contributed by atoms with Gasteiger partial charge < -0.3 is 0 Å². The van der Waals surface area contributed by atoms with E-state index >= 15 is 0 Å².